The molecule has 1 fully saturated rings. The Labute approximate surface area is 181 Å². The minimum atomic E-state index is -0.426. The summed E-state index contributed by atoms with van der Waals surface area (Å²) >= 11 is 0. The number of nitrogens with zero attached hydrogens (tertiary/aromatic N) is 3. The minimum Gasteiger partial charge on any atom is -0.462 e. The molecule has 0 aromatic carbocycles. The Morgan fingerprint density at radius 1 is 1.29 bits per heavy atom. The molecule has 0 atom stereocenters. The normalized spacial score (nSPS) is 17.8. The van der Waals surface area contributed by atoms with Crippen LogP contribution in [0.15, 0.2) is 4.52 Å². The third-order valence-corrected chi connectivity index (χ3v) is 6.40. The first kappa shape index (κ1) is 21.5. The van der Waals surface area contributed by atoms with E-state index in [4.69, 9.17) is 19.1 Å². The van der Waals surface area contributed by atoms with E-state index in [-0.39, 0.29) is 17.9 Å². The highest BCUT2D eigenvalue weighted by Gasteiger charge is 2.39. The molecule has 2 aromatic heterocycles. The molecule has 1 saturated heterocycles. The van der Waals surface area contributed by atoms with Crippen LogP contribution < -0.4 is 5.32 Å². The fourth-order valence-corrected chi connectivity index (χ4v) is 4.58. The quantitative estimate of drug-likeness (QED) is 0.554. The second-order valence-corrected chi connectivity index (χ2v) is 8.51. The monoisotopic (exact) mass is 430 g/mol. The zero-order valence-corrected chi connectivity index (χ0v) is 18.5. The number of nitrogens with one attached hydrogen (secondary N) is 1. The Morgan fingerprint density at radius 3 is 2.74 bits per heavy atom. The van der Waals surface area contributed by atoms with Crippen LogP contribution in [-0.4, -0.2) is 53.2 Å². The van der Waals surface area contributed by atoms with E-state index in [1.165, 1.54) is 0 Å². The number of hydrogen-bond acceptors (Lipinski definition) is 7. The van der Waals surface area contributed by atoms with Gasteiger partial charge in [-0.1, -0.05) is 12.1 Å². The van der Waals surface area contributed by atoms with Gasteiger partial charge in [0.15, 0.2) is 0 Å². The lowest BCUT2D eigenvalue weighted by molar-refractivity contribution is 0.0152. The number of carbonyl (C=O) groups is 2. The first-order valence-electron chi connectivity index (χ1n) is 11.0. The van der Waals surface area contributed by atoms with Crippen molar-refractivity contribution >= 4 is 11.9 Å². The first-order valence-corrected chi connectivity index (χ1v) is 11.0. The Morgan fingerprint density at radius 2 is 2.06 bits per heavy atom. The van der Waals surface area contributed by atoms with Gasteiger partial charge in [-0.15, -0.1) is 0 Å². The van der Waals surface area contributed by atoms with Gasteiger partial charge in [0, 0.05) is 32.7 Å². The molecule has 9 heteroatoms. The Balaban J connectivity index is 1.46. The molecule has 1 N–H and O–H groups in total. The maximum absolute atomic E-state index is 12.9. The van der Waals surface area contributed by atoms with E-state index in [2.05, 4.69) is 10.5 Å². The number of aromatic nitrogens is 3. The third kappa shape index (κ3) is 4.23. The SMILES string of the molecule is CCc1nn(CCCOC(=O)c2c(C)noc2C)c2c1C(=O)NCC1(CCOCC1)C2. The predicted octanol–water partition coefficient (Wildman–Crippen LogP) is 2.38. The predicted molar refractivity (Wildman–Crippen MR) is 111 cm³/mol. The summed E-state index contributed by atoms with van der Waals surface area (Å²) in [6.07, 6.45) is 3.95. The highest BCUT2D eigenvalue weighted by Crippen LogP contribution is 2.37. The summed E-state index contributed by atoms with van der Waals surface area (Å²) in [5.41, 5.74) is 3.46. The Bertz CT molecular complexity index is 951. The van der Waals surface area contributed by atoms with Crippen LogP contribution in [0, 0.1) is 19.3 Å². The molecule has 0 aliphatic carbocycles. The number of aryl methyl sites for hydroxylation is 4. The summed E-state index contributed by atoms with van der Waals surface area (Å²) in [5.74, 6) is -0.00288. The molecule has 2 aliphatic heterocycles. The average molecular weight is 431 g/mol. The van der Waals surface area contributed by atoms with E-state index in [9.17, 15) is 9.59 Å². The molecule has 2 aliphatic rings. The Kier molecular flexibility index (Phi) is 6.13. The average Bonchev–Trinajstić information content (AvgIpc) is 3.24. The highest BCUT2D eigenvalue weighted by atomic mass is 16.5. The largest absolute Gasteiger partial charge is 0.462 e. The van der Waals surface area contributed by atoms with Crippen LogP contribution in [0.2, 0.25) is 0 Å². The Hall–Kier alpha value is -2.68. The van der Waals surface area contributed by atoms with Crippen molar-refractivity contribution in [1.82, 2.24) is 20.3 Å². The van der Waals surface area contributed by atoms with Gasteiger partial charge in [-0.05, 0) is 44.9 Å². The summed E-state index contributed by atoms with van der Waals surface area (Å²) in [7, 11) is 0. The molecule has 31 heavy (non-hydrogen) atoms. The van der Waals surface area contributed by atoms with Crippen LogP contribution >= 0.6 is 0 Å². The molecule has 168 valence electrons. The van der Waals surface area contributed by atoms with Crippen molar-refractivity contribution in [2.45, 2.75) is 59.4 Å². The first-order chi connectivity index (χ1) is 14.9. The van der Waals surface area contributed by atoms with E-state index in [1.807, 2.05) is 11.6 Å². The maximum Gasteiger partial charge on any atom is 0.343 e. The fourth-order valence-electron chi connectivity index (χ4n) is 4.58. The third-order valence-electron chi connectivity index (χ3n) is 6.40. The van der Waals surface area contributed by atoms with Crippen LogP contribution in [0.1, 0.15) is 69.7 Å². The molecule has 0 saturated carbocycles. The fraction of sp³-hybridized carbons (Fsp3) is 0.636. The highest BCUT2D eigenvalue weighted by molar-refractivity contribution is 5.97. The van der Waals surface area contributed by atoms with Gasteiger partial charge in [0.25, 0.3) is 5.91 Å². The van der Waals surface area contributed by atoms with Gasteiger partial charge in [0.05, 0.1) is 29.3 Å². The lowest BCUT2D eigenvalue weighted by atomic mass is 9.76. The molecule has 1 spiro atoms. The van der Waals surface area contributed by atoms with Crippen LogP contribution in [0.25, 0.3) is 0 Å². The summed E-state index contributed by atoms with van der Waals surface area (Å²) < 4.78 is 18.0. The van der Waals surface area contributed by atoms with Crippen molar-refractivity contribution in [2.75, 3.05) is 26.4 Å². The van der Waals surface area contributed by atoms with E-state index in [0.29, 0.717) is 42.9 Å². The van der Waals surface area contributed by atoms with Crippen LogP contribution in [0.3, 0.4) is 0 Å². The smallest absolute Gasteiger partial charge is 0.343 e. The van der Waals surface area contributed by atoms with Gasteiger partial charge in [-0.25, -0.2) is 4.79 Å². The standard InChI is InChI=1S/C22H30N4O5/c1-4-16-19-17(12-22(13-23-20(19)27)6-10-29-11-7-22)26(24-16)8-5-9-30-21(28)18-14(2)25-31-15(18)3/h4-13H2,1-3H3,(H,23,27). The number of hydrogen-bond donors (Lipinski definition) is 1. The van der Waals surface area contributed by atoms with Crippen molar-refractivity contribution in [3.05, 3.63) is 34.0 Å². The van der Waals surface area contributed by atoms with Crippen molar-refractivity contribution < 1.29 is 23.6 Å². The van der Waals surface area contributed by atoms with E-state index in [1.54, 1.807) is 13.8 Å². The van der Waals surface area contributed by atoms with Crippen LogP contribution in [-0.2, 0) is 28.9 Å². The molecule has 0 unspecified atom stereocenters. The van der Waals surface area contributed by atoms with Crippen LogP contribution in [0.5, 0.6) is 0 Å². The molecule has 9 nitrogen and oxygen atoms in total. The van der Waals surface area contributed by atoms with Gasteiger partial charge in [0.2, 0.25) is 0 Å². The lowest BCUT2D eigenvalue weighted by Gasteiger charge is -2.36. The van der Waals surface area contributed by atoms with E-state index >= 15 is 0 Å². The van der Waals surface area contributed by atoms with Crippen molar-refractivity contribution in [2.24, 2.45) is 5.41 Å². The zero-order chi connectivity index (χ0) is 22.0. The van der Waals surface area contributed by atoms with Crippen LogP contribution in [0.4, 0.5) is 0 Å². The van der Waals surface area contributed by atoms with Crippen molar-refractivity contribution in [1.29, 1.82) is 0 Å². The van der Waals surface area contributed by atoms with E-state index < -0.39 is 5.97 Å². The zero-order valence-electron chi connectivity index (χ0n) is 18.5. The summed E-state index contributed by atoms with van der Waals surface area (Å²) in [5, 5.41) is 11.7. The molecule has 0 radical (unpaired) electrons. The molecular weight excluding hydrogens is 400 g/mol. The number of carbonyl (C=O) groups excluding carboxylic acids is 2. The second-order valence-electron chi connectivity index (χ2n) is 8.51. The molecule has 4 heterocycles. The van der Waals surface area contributed by atoms with Gasteiger partial charge in [0.1, 0.15) is 11.3 Å². The number of amides is 1. The molecule has 4 rings (SSSR count). The number of rotatable bonds is 6. The lowest BCUT2D eigenvalue weighted by Crippen LogP contribution is -2.40. The van der Waals surface area contributed by atoms with Gasteiger partial charge < -0.3 is 19.3 Å². The number of ether oxygens (including phenoxy) is 2. The van der Waals surface area contributed by atoms with Gasteiger partial charge in [-0.3, -0.25) is 9.48 Å². The number of esters is 1. The van der Waals surface area contributed by atoms with Crippen molar-refractivity contribution in [3.8, 4) is 0 Å². The molecule has 0 bridgehead atoms. The molecule has 2 aromatic rings. The van der Waals surface area contributed by atoms with Gasteiger partial charge >= 0.3 is 5.97 Å². The minimum absolute atomic E-state index is 0.0117. The van der Waals surface area contributed by atoms with E-state index in [0.717, 1.165) is 49.4 Å². The maximum atomic E-state index is 12.9. The molecule has 1 amide bonds. The summed E-state index contributed by atoms with van der Waals surface area (Å²) in [4.78, 5) is 25.2. The number of fused-ring (bicyclic) bond motifs is 1. The summed E-state index contributed by atoms with van der Waals surface area (Å²) in [6, 6.07) is 0. The summed E-state index contributed by atoms with van der Waals surface area (Å²) in [6.45, 7) is 8.37. The molecular formula is C22H30N4O5. The van der Waals surface area contributed by atoms with Gasteiger partial charge in [-0.2, -0.15) is 5.10 Å². The second kappa shape index (κ2) is 8.82. The van der Waals surface area contributed by atoms with Crippen molar-refractivity contribution in [3.63, 3.8) is 0 Å². The topological polar surface area (TPSA) is 108 Å².